The summed E-state index contributed by atoms with van der Waals surface area (Å²) in [5.74, 6) is 1.19. The Hall–Kier alpha value is -3.38. The molecular formula is C32H36FN3O2. The van der Waals surface area contributed by atoms with E-state index in [2.05, 4.69) is 70.4 Å². The van der Waals surface area contributed by atoms with Crippen molar-refractivity contribution in [3.63, 3.8) is 0 Å². The molecule has 1 fully saturated rings. The molecule has 6 heteroatoms. The van der Waals surface area contributed by atoms with Crippen molar-refractivity contribution >= 4 is 11.9 Å². The summed E-state index contributed by atoms with van der Waals surface area (Å²) in [4.78, 5) is 9.10. The Morgan fingerprint density at radius 1 is 1.13 bits per heavy atom. The van der Waals surface area contributed by atoms with E-state index in [0.717, 1.165) is 56.6 Å². The van der Waals surface area contributed by atoms with Crippen molar-refractivity contribution in [1.82, 2.24) is 9.80 Å². The highest BCUT2D eigenvalue weighted by Gasteiger charge is 2.30. The van der Waals surface area contributed by atoms with E-state index in [1.165, 1.54) is 27.8 Å². The number of aliphatic imine (C=N–C) groups is 1. The van der Waals surface area contributed by atoms with Gasteiger partial charge < -0.3 is 14.7 Å². The van der Waals surface area contributed by atoms with Gasteiger partial charge in [-0.05, 0) is 89.8 Å². The maximum atomic E-state index is 12.6. The van der Waals surface area contributed by atoms with Gasteiger partial charge >= 0.3 is 0 Å². The number of aryl methyl sites for hydroxylation is 1. The zero-order chi connectivity index (χ0) is 26.1. The number of aromatic hydroxyl groups is 1. The summed E-state index contributed by atoms with van der Waals surface area (Å²) in [6, 6.07) is 14.7. The number of likely N-dealkylation sites (N-methyl/N-ethyl adjacent to an activating group) is 1. The third kappa shape index (κ3) is 5.02. The van der Waals surface area contributed by atoms with Crippen LogP contribution in [0, 0.1) is 0 Å². The van der Waals surface area contributed by atoms with Gasteiger partial charge in [0.2, 0.25) is 0 Å². The molecule has 0 spiro atoms. The molecule has 4 aliphatic rings. The van der Waals surface area contributed by atoms with Gasteiger partial charge in [-0.1, -0.05) is 36.4 Å². The molecule has 1 saturated heterocycles. The molecule has 2 heterocycles. The molecule has 38 heavy (non-hydrogen) atoms. The van der Waals surface area contributed by atoms with E-state index >= 15 is 0 Å². The number of fused-ring (bicyclic) bond motifs is 2. The lowest BCUT2D eigenvalue weighted by Gasteiger charge is -2.26. The van der Waals surface area contributed by atoms with Crippen molar-refractivity contribution in [2.45, 2.75) is 50.3 Å². The van der Waals surface area contributed by atoms with E-state index in [9.17, 15) is 9.50 Å². The SMILES string of the molecule is CN1C=NC2C=CC(C3=C(c4ccc(O[C@H]5CCN(CCCF)C5)cc4)c4ccc(O)cc4CCC3)=CC21. The first-order valence-electron chi connectivity index (χ1n) is 13.9. The van der Waals surface area contributed by atoms with E-state index in [4.69, 9.17) is 4.74 Å². The van der Waals surface area contributed by atoms with E-state index < -0.39 is 0 Å². The van der Waals surface area contributed by atoms with Gasteiger partial charge in [-0.2, -0.15) is 0 Å². The molecular weight excluding hydrogens is 477 g/mol. The number of hydrogen-bond donors (Lipinski definition) is 1. The van der Waals surface area contributed by atoms with Gasteiger partial charge in [0.25, 0.3) is 0 Å². The number of ether oxygens (including phenoxy) is 1. The topological polar surface area (TPSA) is 48.3 Å². The number of alkyl halides is 1. The highest BCUT2D eigenvalue weighted by atomic mass is 19.1. The smallest absolute Gasteiger partial charge is 0.119 e. The van der Waals surface area contributed by atoms with Gasteiger partial charge in [-0.25, -0.2) is 0 Å². The minimum atomic E-state index is -0.261. The largest absolute Gasteiger partial charge is 0.508 e. The molecule has 6 rings (SSSR count). The Bertz CT molecular complexity index is 1300. The van der Waals surface area contributed by atoms with Crippen molar-refractivity contribution in [3.8, 4) is 11.5 Å². The second-order valence-electron chi connectivity index (χ2n) is 10.8. The number of hydrogen-bond acceptors (Lipinski definition) is 5. The van der Waals surface area contributed by atoms with Crippen molar-refractivity contribution in [1.29, 1.82) is 0 Å². The monoisotopic (exact) mass is 513 g/mol. The fourth-order valence-corrected chi connectivity index (χ4v) is 6.28. The van der Waals surface area contributed by atoms with E-state index in [1.807, 2.05) is 12.4 Å². The summed E-state index contributed by atoms with van der Waals surface area (Å²) >= 11 is 0. The molecule has 0 saturated carbocycles. The number of nitrogens with zero attached hydrogens (tertiary/aromatic N) is 3. The molecule has 2 aromatic carbocycles. The second-order valence-corrected chi connectivity index (χ2v) is 10.8. The zero-order valence-electron chi connectivity index (χ0n) is 22.0. The van der Waals surface area contributed by atoms with Crippen LogP contribution in [-0.4, -0.2) is 72.8 Å². The second kappa shape index (κ2) is 10.8. The highest BCUT2D eigenvalue weighted by molar-refractivity contribution is 5.87. The Kier molecular flexibility index (Phi) is 7.07. The lowest BCUT2D eigenvalue weighted by atomic mass is 9.85. The molecule has 0 amide bonds. The standard InChI is InChI=1S/C32H36FN3O2/c1-35-21-34-30-13-8-24(19-31(30)35)28-5-2-4-23-18-25(37)9-12-29(23)32(28)22-6-10-26(11-7-22)38-27-14-17-36(20-27)16-3-15-33/h6-13,18-19,21,27,30-31,37H,2-5,14-17,20H2,1H3/t27-,30?,31?/m0/s1. The Morgan fingerprint density at radius 2 is 2.00 bits per heavy atom. The van der Waals surface area contributed by atoms with Crippen LogP contribution >= 0.6 is 0 Å². The third-order valence-electron chi connectivity index (χ3n) is 8.23. The molecule has 2 aliphatic carbocycles. The van der Waals surface area contributed by atoms with Crippen LogP contribution in [0.1, 0.15) is 42.4 Å². The average Bonchev–Trinajstić information content (AvgIpc) is 3.48. The van der Waals surface area contributed by atoms with Crippen LogP contribution < -0.4 is 4.74 Å². The van der Waals surface area contributed by atoms with Gasteiger partial charge in [0, 0.05) is 26.7 Å². The van der Waals surface area contributed by atoms with Crippen LogP contribution in [0.5, 0.6) is 11.5 Å². The molecule has 0 radical (unpaired) electrons. The summed E-state index contributed by atoms with van der Waals surface area (Å²) < 4.78 is 18.9. The van der Waals surface area contributed by atoms with E-state index in [0.29, 0.717) is 12.2 Å². The Labute approximate surface area is 224 Å². The van der Waals surface area contributed by atoms with Crippen LogP contribution in [0.25, 0.3) is 5.57 Å². The number of likely N-dealkylation sites (tertiary alicyclic amines) is 1. The lowest BCUT2D eigenvalue weighted by Crippen LogP contribution is -2.32. The number of phenols is 1. The van der Waals surface area contributed by atoms with Crippen molar-refractivity contribution < 1.29 is 14.2 Å². The molecule has 2 aliphatic heterocycles. The van der Waals surface area contributed by atoms with Crippen LogP contribution in [-0.2, 0) is 6.42 Å². The number of allylic oxidation sites excluding steroid dienone is 3. The molecule has 0 aromatic heterocycles. The fraction of sp³-hybridized carbons (Fsp3) is 0.406. The molecule has 2 unspecified atom stereocenters. The van der Waals surface area contributed by atoms with Gasteiger partial charge in [0.1, 0.15) is 17.6 Å². The number of phenolic OH excluding ortho intramolecular Hbond substituents is 1. The molecule has 198 valence electrons. The molecule has 1 N–H and O–H groups in total. The van der Waals surface area contributed by atoms with Crippen LogP contribution in [0.4, 0.5) is 4.39 Å². The third-order valence-corrected chi connectivity index (χ3v) is 8.23. The minimum Gasteiger partial charge on any atom is -0.508 e. The summed E-state index contributed by atoms with van der Waals surface area (Å²) in [5, 5.41) is 10.2. The summed E-state index contributed by atoms with van der Waals surface area (Å²) in [6.07, 6.45) is 13.4. The normalized spacial score (nSPS) is 24.8. The summed E-state index contributed by atoms with van der Waals surface area (Å²) in [5.41, 5.74) is 7.38. The maximum Gasteiger partial charge on any atom is 0.119 e. The average molecular weight is 514 g/mol. The predicted octanol–water partition coefficient (Wildman–Crippen LogP) is 5.55. The van der Waals surface area contributed by atoms with E-state index in [-0.39, 0.29) is 24.9 Å². The van der Waals surface area contributed by atoms with Crippen molar-refractivity contribution in [2.24, 2.45) is 4.99 Å². The first kappa shape index (κ1) is 24.9. The molecule has 2 aromatic rings. The first-order valence-corrected chi connectivity index (χ1v) is 13.9. The predicted molar refractivity (Wildman–Crippen MR) is 151 cm³/mol. The highest BCUT2D eigenvalue weighted by Crippen LogP contribution is 2.41. The van der Waals surface area contributed by atoms with Crippen molar-refractivity contribution in [3.05, 3.63) is 88.5 Å². The van der Waals surface area contributed by atoms with Crippen LogP contribution in [0.15, 0.2) is 76.8 Å². The molecule has 0 bridgehead atoms. The Morgan fingerprint density at radius 3 is 2.84 bits per heavy atom. The molecule has 3 atom stereocenters. The van der Waals surface area contributed by atoms with Gasteiger partial charge in [-0.15, -0.1) is 0 Å². The zero-order valence-corrected chi connectivity index (χ0v) is 22.0. The lowest BCUT2D eigenvalue weighted by molar-refractivity contribution is 0.198. The van der Waals surface area contributed by atoms with Crippen LogP contribution in [0.3, 0.4) is 0 Å². The molecule has 5 nitrogen and oxygen atoms in total. The van der Waals surface area contributed by atoms with E-state index in [1.54, 1.807) is 6.07 Å². The number of benzene rings is 2. The summed E-state index contributed by atoms with van der Waals surface area (Å²) in [7, 11) is 2.09. The fourth-order valence-electron chi connectivity index (χ4n) is 6.28. The number of halogens is 1. The quantitative estimate of drug-likeness (QED) is 0.527. The Balaban J connectivity index is 1.32. The minimum absolute atomic E-state index is 0.146. The first-order chi connectivity index (χ1) is 18.6. The number of rotatable bonds is 7. The van der Waals surface area contributed by atoms with Gasteiger partial charge in [0.15, 0.2) is 0 Å². The maximum absolute atomic E-state index is 12.6. The van der Waals surface area contributed by atoms with Crippen LogP contribution in [0.2, 0.25) is 0 Å². The van der Waals surface area contributed by atoms with Crippen molar-refractivity contribution in [2.75, 3.05) is 33.4 Å². The van der Waals surface area contributed by atoms with Gasteiger partial charge in [0.05, 0.1) is 25.1 Å². The van der Waals surface area contributed by atoms with Gasteiger partial charge in [-0.3, -0.25) is 14.3 Å². The summed E-state index contributed by atoms with van der Waals surface area (Å²) in [6.45, 7) is 2.36.